The molecule has 0 saturated heterocycles. The van der Waals surface area contributed by atoms with Crippen molar-refractivity contribution in [1.29, 1.82) is 0 Å². The molecule has 0 spiro atoms. The Morgan fingerprint density at radius 3 is 2.32 bits per heavy atom. The van der Waals surface area contributed by atoms with Crippen LogP contribution in [0.15, 0.2) is 53.5 Å². The number of aryl methyl sites for hydroxylation is 1. The van der Waals surface area contributed by atoms with Crippen molar-refractivity contribution in [3.63, 3.8) is 0 Å². The molecule has 0 heterocycles. The van der Waals surface area contributed by atoms with Crippen molar-refractivity contribution in [2.45, 2.75) is 25.7 Å². The van der Waals surface area contributed by atoms with Crippen LogP contribution in [0.1, 0.15) is 34.3 Å². The molecule has 0 radical (unpaired) electrons. The number of halogens is 1. The minimum atomic E-state index is 0. The van der Waals surface area contributed by atoms with Crippen LogP contribution in [0.2, 0.25) is 0 Å². The molecule has 0 saturated carbocycles. The molecule has 7 heteroatoms. The second-order valence-corrected chi connectivity index (χ2v) is 7.38. The molecule has 31 heavy (non-hydrogen) atoms. The molecule has 0 fully saturated rings. The largest absolute Gasteiger partial charge is 0.497 e. The van der Waals surface area contributed by atoms with Crippen LogP contribution in [-0.4, -0.2) is 58.1 Å². The third kappa shape index (κ3) is 9.59. The number of aliphatic imine (C=N–C) groups is 1. The van der Waals surface area contributed by atoms with E-state index < -0.39 is 0 Å². The van der Waals surface area contributed by atoms with Gasteiger partial charge in [-0.2, -0.15) is 0 Å². The summed E-state index contributed by atoms with van der Waals surface area (Å²) in [5.74, 6) is 1.73. The Bertz CT molecular complexity index is 823. The number of guanidine groups is 1. The lowest BCUT2D eigenvalue weighted by Crippen LogP contribution is -2.38. The van der Waals surface area contributed by atoms with Crippen LogP contribution in [0, 0.1) is 0 Å². The Hall–Kier alpha value is -2.29. The first kappa shape index (κ1) is 26.7. The predicted octanol–water partition coefficient (Wildman–Crippen LogP) is 3.75. The third-order valence-electron chi connectivity index (χ3n) is 4.85. The van der Waals surface area contributed by atoms with E-state index in [0.717, 1.165) is 61.6 Å². The highest BCUT2D eigenvalue weighted by atomic mass is 127. The van der Waals surface area contributed by atoms with Crippen LogP contribution in [0.5, 0.6) is 5.75 Å². The van der Waals surface area contributed by atoms with Crippen molar-refractivity contribution in [2.75, 3.05) is 41.3 Å². The summed E-state index contributed by atoms with van der Waals surface area (Å²) >= 11 is 0. The Morgan fingerprint density at radius 2 is 1.68 bits per heavy atom. The maximum atomic E-state index is 12.1. The number of amides is 1. The van der Waals surface area contributed by atoms with Crippen LogP contribution in [-0.2, 0) is 12.8 Å². The lowest BCUT2D eigenvalue weighted by atomic mass is 10.1. The standard InChI is InChI=1S/C24H34N4O2.HI/c1-25-24(26-16-6-5-8-19-11-13-22(30-4)14-12-19)27-17-15-20-9-7-10-21(18-20)23(29)28(2)3;/h7,9-14,18H,5-6,8,15-17H2,1-4H3,(H2,25,26,27);1H. The van der Waals surface area contributed by atoms with Crippen LogP contribution in [0.3, 0.4) is 0 Å². The summed E-state index contributed by atoms with van der Waals surface area (Å²) in [5, 5.41) is 6.70. The molecule has 0 aliphatic carbocycles. The van der Waals surface area contributed by atoms with Gasteiger partial charge in [0.2, 0.25) is 0 Å². The van der Waals surface area contributed by atoms with Crippen molar-refractivity contribution in [3.05, 3.63) is 65.2 Å². The van der Waals surface area contributed by atoms with E-state index in [4.69, 9.17) is 4.74 Å². The fourth-order valence-electron chi connectivity index (χ4n) is 3.12. The van der Waals surface area contributed by atoms with Gasteiger partial charge in [0.15, 0.2) is 5.96 Å². The molecule has 170 valence electrons. The molecule has 2 N–H and O–H groups in total. The third-order valence-corrected chi connectivity index (χ3v) is 4.85. The van der Waals surface area contributed by atoms with Gasteiger partial charge in [-0.05, 0) is 61.1 Å². The molecule has 0 bridgehead atoms. The van der Waals surface area contributed by atoms with Gasteiger partial charge >= 0.3 is 0 Å². The van der Waals surface area contributed by atoms with Crippen molar-refractivity contribution in [2.24, 2.45) is 4.99 Å². The molecule has 0 aliphatic rings. The van der Waals surface area contributed by atoms with E-state index in [1.807, 2.05) is 36.4 Å². The lowest BCUT2D eigenvalue weighted by molar-refractivity contribution is 0.0827. The van der Waals surface area contributed by atoms with E-state index in [9.17, 15) is 4.79 Å². The first-order valence-electron chi connectivity index (χ1n) is 10.4. The number of carbonyl (C=O) groups is 1. The van der Waals surface area contributed by atoms with E-state index in [-0.39, 0.29) is 29.9 Å². The Morgan fingerprint density at radius 1 is 0.968 bits per heavy atom. The molecule has 6 nitrogen and oxygen atoms in total. The van der Waals surface area contributed by atoms with E-state index in [0.29, 0.717) is 0 Å². The highest BCUT2D eigenvalue weighted by molar-refractivity contribution is 14.0. The zero-order valence-corrected chi connectivity index (χ0v) is 21.3. The van der Waals surface area contributed by atoms with Crippen molar-refractivity contribution >= 4 is 35.8 Å². The predicted molar refractivity (Wildman–Crippen MR) is 139 cm³/mol. The molecule has 2 aromatic rings. The lowest BCUT2D eigenvalue weighted by Gasteiger charge is -2.13. The summed E-state index contributed by atoms with van der Waals surface area (Å²) in [6, 6.07) is 16.0. The zero-order valence-electron chi connectivity index (χ0n) is 19.0. The Balaban J connectivity index is 0.00000480. The van der Waals surface area contributed by atoms with Crippen LogP contribution in [0.4, 0.5) is 0 Å². The van der Waals surface area contributed by atoms with E-state index >= 15 is 0 Å². The molecule has 0 unspecified atom stereocenters. The van der Waals surface area contributed by atoms with Crippen molar-refractivity contribution < 1.29 is 9.53 Å². The second kappa shape index (κ2) is 14.7. The minimum Gasteiger partial charge on any atom is -0.497 e. The zero-order chi connectivity index (χ0) is 21.8. The van der Waals surface area contributed by atoms with E-state index in [1.54, 1.807) is 33.2 Å². The minimum absolute atomic E-state index is 0. The maximum Gasteiger partial charge on any atom is 0.253 e. The van der Waals surface area contributed by atoms with Gasteiger partial charge in [0, 0.05) is 39.8 Å². The smallest absolute Gasteiger partial charge is 0.253 e. The fraction of sp³-hybridized carbons (Fsp3) is 0.417. The molecule has 2 aromatic carbocycles. The van der Waals surface area contributed by atoms with Crippen LogP contribution in [0.25, 0.3) is 0 Å². The first-order valence-corrected chi connectivity index (χ1v) is 10.4. The number of benzene rings is 2. The number of hydrogen-bond acceptors (Lipinski definition) is 3. The summed E-state index contributed by atoms with van der Waals surface area (Å²) in [7, 11) is 7.00. The summed E-state index contributed by atoms with van der Waals surface area (Å²) < 4.78 is 5.19. The molecule has 2 rings (SSSR count). The van der Waals surface area contributed by atoms with Crippen LogP contribution < -0.4 is 15.4 Å². The molecular weight excluding hydrogens is 503 g/mol. The number of unbranched alkanes of at least 4 members (excludes halogenated alkanes) is 1. The molecule has 0 aliphatic heterocycles. The van der Waals surface area contributed by atoms with Gasteiger partial charge in [-0.3, -0.25) is 9.79 Å². The first-order chi connectivity index (χ1) is 14.5. The number of nitrogens with zero attached hydrogens (tertiary/aromatic N) is 2. The Kier molecular flexibility index (Phi) is 12.7. The van der Waals surface area contributed by atoms with E-state index in [2.05, 4.69) is 27.8 Å². The van der Waals surface area contributed by atoms with Gasteiger partial charge in [-0.15, -0.1) is 24.0 Å². The van der Waals surface area contributed by atoms with Crippen molar-refractivity contribution in [3.8, 4) is 5.75 Å². The normalized spacial score (nSPS) is 10.8. The van der Waals surface area contributed by atoms with Gasteiger partial charge in [0.1, 0.15) is 5.75 Å². The van der Waals surface area contributed by atoms with Gasteiger partial charge in [-0.1, -0.05) is 24.3 Å². The number of nitrogens with one attached hydrogen (secondary N) is 2. The SMILES string of the molecule is CN=C(NCCCCc1ccc(OC)cc1)NCCc1cccc(C(=O)N(C)C)c1.I. The van der Waals surface area contributed by atoms with Crippen LogP contribution >= 0.6 is 24.0 Å². The average molecular weight is 538 g/mol. The second-order valence-electron chi connectivity index (χ2n) is 7.38. The average Bonchev–Trinajstić information content (AvgIpc) is 2.77. The highest BCUT2D eigenvalue weighted by Crippen LogP contribution is 2.13. The van der Waals surface area contributed by atoms with Gasteiger partial charge in [0.05, 0.1) is 7.11 Å². The van der Waals surface area contributed by atoms with Gasteiger partial charge < -0.3 is 20.3 Å². The number of ether oxygens (including phenoxy) is 1. The summed E-state index contributed by atoms with van der Waals surface area (Å²) in [6.07, 6.45) is 4.07. The Labute approximate surface area is 203 Å². The molecule has 1 amide bonds. The topological polar surface area (TPSA) is 66.0 Å². The number of carbonyl (C=O) groups excluding carboxylic acids is 1. The number of rotatable bonds is 10. The molecule has 0 aromatic heterocycles. The summed E-state index contributed by atoms with van der Waals surface area (Å²) in [6.45, 7) is 1.63. The summed E-state index contributed by atoms with van der Waals surface area (Å²) in [5.41, 5.74) is 3.18. The van der Waals surface area contributed by atoms with Gasteiger partial charge in [0.25, 0.3) is 5.91 Å². The van der Waals surface area contributed by atoms with Crippen molar-refractivity contribution in [1.82, 2.24) is 15.5 Å². The van der Waals surface area contributed by atoms with Gasteiger partial charge in [-0.25, -0.2) is 0 Å². The maximum absolute atomic E-state index is 12.1. The molecular formula is C24H35IN4O2. The highest BCUT2D eigenvalue weighted by Gasteiger charge is 2.08. The number of hydrogen-bond donors (Lipinski definition) is 2. The fourth-order valence-corrected chi connectivity index (χ4v) is 3.12. The summed E-state index contributed by atoms with van der Waals surface area (Å²) in [4.78, 5) is 18.0. The number of methoxy groups -OCH3 is 1. The quantitative estimate of drug-likeness (QED) is 0.209. The monoisotopic (exact) mass is 538 g/mol. The van der Waals surface area contributed by atoms with E-state index in [1.165, 1.54) is 5.56 Å². The molecule has 0 atom stereocenters.